The molecule has 1 aliphatic carbocycles. The van der Waals surface area contributed by atoms with Crippen LogP contribution >= 0.6 is 11.3 Å². The molecule has 15 heavy (non-hydrogen) atoms. The van der Waals surface area contributed by atoms with E-state index in [9.17, 15) is 9.59 Å². The topological polar surface area (TPSA) is 43.4 Å². The molecule has 1 aromatic rings. The van der Waals surface area contributed by atoms with Gasteiger partial charge in [-0.25, -0.2) is 4.79 Å². The van der Waals surface area contributed by atoms with Crippen molar-refractivity contribution in [3.05, 3.63) is 33.7 Å². The van der Waals surface area contributed by atoms with E-state index in [4.69, 9.17) is 4.74 Å². The van der Waals surface area contributed by atoms with E-state index in [0.717, 1.165) is 5.57 Å². The molecule has 0 spiro atoms. The lowest BCUT2D eigenvalue weighted by Crippen LogP contribution is -2.08. The fourth-order valence-electron chi connectivity index (χ4n) is 1.45. The molecule has 0 unspecified atom stereocenters. The number of allylic oxidation sites excluding steroid dienone is 2. The quantitative estimate of drug-likeness (QED) is 0.722. The zero-order chi connectivity index (χ0) is 10.8. The second-order valence-corrected chi connectivity index (χ2v) is 4.35. The van der Waals surface area contributed by atoms with Gasteiger partial charge in [-0.2, -0.15) is 0 Å². The van der Waals surface area contributed by atoms with E-state index in [1.807, 2.05) is 6.92 Å². The van der Waals surface area contributed by atoms with E-state index >= 15 is 0 Å². The number of hydrogen-bond donors (Lipinski definition) is 0. The van der Waals surface area contributed by atoms with E-state index in [2.05, 4.69) is 0 Å². The normalized spacial score (nSPS) is 15.9. The van der Waals surface area contributed by atoms with Crippen molar-refractivity contribution in [3.8, 4) is 0 Å². The van der Waals surface area contributed by atoms with Gasteiger partial charge in [0, 0.05) is 6.42 Å². The van der Waals surface area contributed by atoms with Gasteiger partial charge in [-0.1, -0.05) is 6.07 Å². The van der Waals surface area contributed by atoms with Crippen LogP contribution in [0.25, 0.3) is 0 Å². The van der Waals surface area contributed by atoms with E-state index in [1.165, 1.54) is 11.3 Å². The summed E-state index contributed by atoms with van der Waals surface area (Å²) in [4.78, 5) is 23.4. The number of ether oxygens (including phenoxy) is 1. The molecule has 0 fully saturated rings. The maximum atomic E-state index is 11.6. The largest absolute Gasteiger partial charge is 0.419 e. The van der Waals surface area contributed by atoms with Crippen molar-refractivity contribution in [1.82, 2.24) is 0 Å². The number of Topliss-reactive ketones (excluding diaryl/α,β-unsaturated/α-hetero) is 1. The molecule has 0 aliphatic heterocycles. The lowest BCUT2D eigenvalue weighted by atomic mass is 10.3. The summed E-state index contributed by atoms with van der Waals surface area (Å²) in [5.74, 6) is -0.264. The number of ketones is 1. The molecule has 4 heteroatoms. The first kappa shape index (κ1) is 10.1. The third kappa shape index (κ3) is 1.99. The van der Waals surface area contributed by atoms with Crippen molar-refractivity contribution >= 4 is 23.1 Å². The number of carbonyl (C=O) groups is 2. The van der Waals surface area contributed by atoms with Crippen molar-refractivity contribution < 1.29 is 14.3 Å². The summed E-state index contributed by atoms with van der Waals surface area (Å²) in [5, 5.41) is 1.80. The number of esters is 1. The average Bonchev–Trinajstić information content (AvgIpc) is 2.82. The van der Waals surface area contributed by atoms with Crippen LogP contribution in [0.3, 0.4) is 0 Å². The fraction of sp³-hybridized carbons (Fsp3) is 0.273. The summed E-state index contributed by atoms with van der Waals surface area (Å²) in [5.41, 5.74) is 0.866. The van der Waals surface area contributed by atoms with E-state index < -0.39 is 5.97 Å². The standard InChI is InChI=1S/C11H10O3S/c1-7-4-5-8(12)10(7)14-11(13)9-3-2-6-15-9/h2-3,6H,4-5H2,1H3. The summed E-state index contributed by atoms with van der Waals surface area (Å²) in [6.07, 6.45) is 1.16. The molecule has 78 valence electrons. The van der Waals surface area contributed by atoms with Crippen LogP contribution in [0, 0.1) is 0 Å². The van der Waals surface area contributed by atoms with Crippen LogP contribution in [0.1, 0.15) is 29.4 Å². The van der Waals surface area contributed by atoms with E-state index in [1.54, 1.807) is 17.5 Å². The minimum atomic E-state index is -0.436. The van der Waals surface area contributed by atoms with Crippen LogP contribution in [0.4, 0.5) is 0 Å². The van der Waals surface area contributed by atoms with Gasteiger partial charge in [-0.15, -0.1) is 11.3 Å². The van der Waals surface area contributed by atoms with Crippen molar-refractivity contribution in [1.29, 1.82) is 0 Å². The Morgan fingerprint density at radius 3 is 2.80 bits per heavy atom. The van der Waals surface area contributed by atoms with Gasteiger partial charge in [0.05, 0.1) is 0 Å². The Kier molecular flexibility index (Phi) is 2.68. The summed E-state index contributed by atoms with van der Waals surface area (Å²) in [6.45, 7) is 1.82. The predicted molar refractivity (Wildman–Crippen MR) is 56.7 cm³/mol. The maximum Gasteiger partial charge on any atom is 0.353 e. The number of rotatable bonds is 2. The summed E-state index contributed by atoms with van der Waals surface area (Å²) < 4.78 is 5.08. The van der Waals surface area contributed by atoms with Crippen LogP contribution in [0.15, 0.2) is 28.8 Å². The van der Waals surface area contributed by atoms with Gasteiger partial charge in [0.15, 0.2) is 11.5 Å². The molecular formula is C11H10O3S. The second-order valence-electron chi connectivity index (χ2n) is 3.40. The molecule has 0 saturated heterocycles. The van der Waals surface area contributed by atoms with Gasteiger partial charge in [-0.3, -0.25) is 4.79 Å². The molecule has 0 bridgehead atoms. The van der Waals surface area contributed by atoms with Crippen LogP contribution < -0.4 is 0 Å². The molecule has 3 nitrogen and oxygen atoms in total. The van der Waals surface area contributed by atoms with Crippen molar-refractivity contribution in [2.75, 3.05) is 0 Å². The molecular weight excluding hydrogens is 212 g/mol. The average molecular weight is 222 g/mol. The molecule has 0 radical (unpaired) electrons. The first-order valence-electron chi connectivity index (χ1n) is 4.67. The number of thiophene rings is 1. The fourth-order valence-corrected chi connectivity index (χ4v) is 2.05. The van der Waals surface area contributed by atoms with Gasteiger partial charge in [0.2, 0.25) is 0 Å². The smallest absolute Gasteiger partial charge is 0.353 e. The zero-order valence-corrected chi connectivity index (χ0v) is 9.10. The molecule has 1 heterocycles. The molecule has 2 rings (SSSR count). The Balaban J connectivity index is 2.13. The van der Waals surface area contributed by atoms with Crippen LogP contribution in [-0.2, 0) is 9.53 Å². The highest BCUT2D eigenvalue weighted by Gasteiger charge is 2.24. The molecule has 0 saturated carbocycles. The van der Waals surface area contributed by atoms with E-state index in [-0.39, 0.29) is 11.5 Å². The SMILES string of the molecule is CC1=C(OC(=O)c2cccs2)C(=O)CC1. The summed E-state index contributed by atoms with van der Waals surface area (Å²) in [6, 6.07) is 3.46. The summed E-state index contributed by atoms with van der Waals surface area (Å²) in [7, 11) is 0. The van der Waals surface area contributed by atoms with Gasteiger partial charge in [0.25, 0.3) is 0 Å². The molecule has 1 aromatic heterocycles. The monoisotopic (exact) mass is 222 g/mol. The van der Waals surface area contributed by atoms with Crippen molar-refractivity contribution in [2.24, 2.45) is 0 Å². The van der Waals surface area contributed by atoms with Crippen LogP contribution in [0.5, 0.6) is 0 Å². The Labute approximate surface area is 91.4 Å². The van der Waals surface area contributed by atoms with Crippen LogP contribution in [-0.4, -0.2) is 11.8 Å². The Morgan fingerprint density at radius 2 is 2.27 bits per heavy atom. The lowest BCUT2D eigenvalue weighted by molar-refractivity contribution is -0.117. The van der Waals surface area contributed by atoms with Gasteiger partial charge in [0.1, 0.15) is 4.88 Å². The number of carbonyl (C=O) groups excluding carboxylic acids is 2. The van der Waals surface area contributed by atoms with Crippen LogP contribution in [0.2, 0.25) is 0 Å². The third-order valence-electron chi connectivity index (χ3n) is 2.29. The molecule has 1 aliphatic rings. The van der Waals surface area contributed by atoms with Crippen molar-refractivity contribution in [3.63, 3.8) is 0 Å². The third-order valence-corrected chi connectivity index (χ3v) is 3.13. The zero-order valence-electron chi connectivity index (χ0n) is 8.28. The lowest BCUT2D eigenvalue weighted by Gasteiger charge is -2.02. The number of hydrogen-bond acceptors (Lipinski definition) is 4. The predicted octanol–water partition coefficient (Wildman–Crippen LogP) is 2.54. The van der Waals surface area contributed by atoms with Gasteiger partial charge in [-0.05, 0) is 30.4 Å². The van der Waals surface area contributed by atoms with E-state index in [0.29, 0.717) is 17.7 Å². The minimum Gasteiger partial charge on any atom is -0.419 e. The Hall–Kier alpha value is -1.42. The highest BCUT2D eigenvalue weighted by molar-refractivity contribution is 7.11. The first-order chi connectivity index (χ1) is 7.18. The Morgan fingerprint density at radius 1 is 1.47 bits per heavy atom. The Bertz CT molecular complexity index is 429. The maximum absolute atomic E-state index is 11.6. The highest BCUT2D eigenvalue weighted by atomic mass is 32.1. The molecule has 0 aromatic carbocycles. The molecule has 0 N–H and O–H groups in total. The second kappa shape index (κ2) is 3.98. The van der Waals surface area contributed by atoms with Crippen molar-refractivity contribution in [2.45, 2.75) is 19.8 Å². The molecule has 0 atom stereocenters. The first-order valence-corrected chi connectivity index (χ1v) is 5.55. The summed E-state index contributed by atoms with van der Waals surface area (Å²) >= 11 is 1.31. The minimum absolute atomic E-state index is 0.0718. The van der Waals surface area contributed by atoms with Gasteiger partial charge < -0.3 is 4.74 Å². The molecule has 0 amide bonds. The van der Waals surface area contributed by atoms with Gasteiger partial charge >= 0.3 is 5.97 Å². The highest BCUT2D eigenvalue weighted by Crippen LogP contribution is 2.24.